The second-order valence-electron chi connectivity index (χ2n) is 6.11. The zero-order valence-electron chi connectivity index (χ0n) is 13.7. The summed E-state index contributed by atoms with van der Waals surface area (Å²) in [4.78, 5) is 50.0. The summed E-state index contributed by atoms with van der Waals surface area (Å²) in [5.41, 5.74) is 0.963. The number of piperidine rings is 1. The Kier molecular flexibility index (Phi) is 3.80. The molecule has 0 aliphatic carbocycles. The van der Waals surface area contributed by atoms with Crippen LogP contribution in [0.3, 0.4) is 0 Å². The van der Waals surface area contributed by atoms with Gasteiger partial charge >= 0.3 is 0 Å². The van der Waals surface area contributed by atoms with E-state index >= 15 is 0 Å². The van der Waals surface area contributed by atoms with Crippen LogP contribution in [0.1, 0.15) is 39.3 Å². The van der Waals surface area contributed by atoms with Crippen LogP contribution >= 0.6 is 0 Å². The summed E-state index contributed by atoms with van der Waals surface area (Å²) in [7, 11) is 0. The first kappa shape index (κ1) is 16.1. The highest BCUT2D eigenvalue weighted by molar-refractivity contribution is 6.25. The zero-order chi connectivity index (χ0) is 18.3. The molecule has 1 atom stereocenters. The summed E-state index contributed by atoms with van der Waals surface area (Å²) >= 11 is 0. The van der Waals surface area contributed by atoms with Crippen molar-refractivity contribution in [3.05, 3.63) is 53.5 Å². The normalized spacial score (nSPS) is 19.5. The highest BCUT2D eigenvalue weighted by Gasteiger charge is 2.45. The van der Waals surface area contributed by atoms with E-state index in [0.29, 0.717) is 18.0 Å². The second kappa shape index (κ2) is 6.14. The van der Waals surface area contributed by atoms with Crippen molar-refractivity contribution in [1.29, 1.82) is 0 Å². The highest BCUT2D eigenvalue weighted by Crippen LogP contribution is 2.32. The first-order chi connectivity index (χ1) is 12.6. The van der Waals surface area contributed by atoms with Crippen LogP contribution in [0.4, 0.5) is 5.69 Å². The van der Waals surface area contributed by atoms with Gasteiger partial charge in [0.2, 0.25) is 11.8 Å². The van der Waals surface area contributed by atoms with Crippen molar-refractivity contribution in [2.45, 2.75) is 25.4 Å². The maximum atomic E-state index is 12.9. The number of nitrogens with one attached hydrogen (secondary N) is 2. The molecule has 132 valence electrons. The lowest BCUT2D eigenvalue weighted by atomic mass is 10.0. The Balaban J connectivity index is 1.63. The monoisotopic (exact) mass is 353 g/mol. The molecule has 0 spiro atoms. The van der Waals surface area contributed by atoms with E-state index in [2.05, 4.69) is 10.6 Å². The van der Waals surface area contributed by atoms with Crippen molar-refractivity contribution in [1.82, 2.24) is 10.2 Å². The Morgan fingerprint density at radius 1 is 1.12 bits per heavy atom. The molecule has 26 heavy (non-hydrogen) atoms. The van der Waals surface area contributed by atoms with Crippen molar-refractivity contribution >= 4 is 29.3 Å². The summed E-state index contributed by atoms with van der Waals surface area (Å²) in [6.45, 7) is 0.351. The van der Waals surface area contributed by atoms with Gasteiger partial charge in [-0.15, -0.1) is 0 Å². The Hall–Kier alpha value is -3.42. The molecule has 0 bridgehead atoms. The molecule has 1 saturated heterocycles. The van der Waals surface area contributed by atoms with Crippen LogP contribution in [-0.4, -0.2) is 34.6 Å². The van der Waals surface area contributed by atoms with Gasteiger partial charge in [0.25, 0.3) is 11.8 Å². The average Bonchev–Trinajstić information content (AvgIpc) is 3.22. The third-order valence-corrected chi connectivity index (χ3v) is 4.50. The van der Waals surface area contributed by atoms with Gasteiger partial charge in [0.15, 0.2) is 0 Å². The van der Waals surface area contributed by atoms with Crippen molar-refractivity contribution in [2.75, 3.05) is 5.32 Å². The Morgan fingerprint density at radius 2 is 1.96 bits per heavy atom. The van der Waals surface area contributed by atoms with Crippen molar-refractivity contribution < 1.29 is 23.6 Å². The fourth-order valence-corrected chi connectivity index (χ4v) is 3.26. The molecule has 4 rings (SSSR count). The molecule has 0 radical (unpaired) electrons. The minimum Gasteiger partial charge on any atom is -0.467 e. The number of anilines is 1. The molecule has 2 aromatic rings. The molecule has 4 amide bonds. The third kappa shape index (κ3) is 2.55. The molecule has 3 heterocycles. The van der Waals surface area contributed by atoms with E-state index in [-0.39, 0.29) is 24.0 Å². The van der Waals surface area contributed by atoms with E-state index in [0.717, 1.165) is 4.90 Å². The molecular weight excluding hydrogens is 338 g/mol. The zero-order valence-corrected chi connectivity index (χ0v) is 13.7. The van der Waals surface area contributed by atoms with Gasteiger partial charge < -0.3 is 9.73 Å². The van der Waals surface area contributed by atoms with E-state index in [4.69, 9.17) is 4.42 Å². The number of carbonyl (C=O) groups is 4. The van der Waals surface area contributed by atoms with Crippen LogP contribution < -0.4 is 10.6 Å². The highest BCUT2D eigenvalue weighted by atomic mass is 16.3. The number of fused-ring (bicyclic) bond motifs is 1. The summed E-state index contributed by atoms with van der Waals surface area (Å²) in [6, 6.07) is 7.49. The van der Waals surface area contributed by atoms with E-state index in [9.17, 15) is 19.2 Å². The largest absolute Gasteiger partial charge is 0.467 e. The minimum atomic E-state index is -0.974. The van der Waals surface area contributed by atoms with Crippen molar-refractivity contribution in [3.8, 4) is 0 Å². The predicted octanol–water partition coefficient (Wildman–Crippen LogP) is 1.29. The van der Waals surface area contributed by atoms with Crippen LogP contribution in [0.25, 0.3) is 0 Å². The number of furan rings is 1. The number of hydrogen-bond donors (Lipinski definition) is 2. The second-order valence-corrected chi connectivity index (χ2v) is 6.11. The molecule has 0 saturated carbocycles. The molecule has 8 heteroatoms. The van der Waals surface area contributed by atoms with E-state index in [1.54, 1.807) is 36.6 Å². The SMILES string of the molecule is O=C1CC[C@H](N2C(=O)c3cccc(NCc4ccco4)c3C2=O)C(=O)N1. The predicted molar refractivity (Wildman–Crippen MR) is 89.1 cm³/mol. The van der Waals surface area contributed by atoms with Gasteiger partial charge in [-0.3, -0.25) is 29.4 Å². The van der Waals surface area contributed by atoms with E-state index in [1.165, 1.54) is 0 Å². The number of hydrogen-bond acceptors (Lipinski definition) is 6. The Labute approximate surface area is 148 Å². The molecule has 0 unspecified atom stereocenters. The van der Waals surface area contributed by atoms with Crippen LogP contribution in [0, 0.1) is 0 Å². The number of carbonyl (C=O) groups excluding carboxylic acids is 4. The number of nitrogens with zero attached hydrogens (tertiary/aromatic N) is 1. The number of rotatable bonds is 4. The Bertz CT molecular complexity index is 919. The number of benzene rings is 1. The first-order valence-electron chi connectivity index (χ1n) is 8.17. The van der Waals surface area contributed by atoms with Crippen molar-refractivity contribution in [2.24, 2.45) is 0 Å². The lowest BCUT2D eigenvalue weighted by Gasteiger charge is -2.27. The van der Waals surface area contributed by atoms with Gasteiger partial charge in [0, 0.05) is 12.1 Å². The van der Waals surface area contributed by atoms with Crippen LogP contribution in [0.15, 0.2) is 41.0 Å². The van der Waals surface area contributed by atoms with Crippen LogP contribution in [0.2, 0.25) is 0 Å². The molecular formula is C18H15N3O5. The quantitative estimate of drug-likeness (QED) is 0.802. The molecule has 1 aromatic carbocycles. The number of amides is 4. The summed E-state index contributed by atoms with van der Waals surface area (Å²) in [5.74, 6) is -1.41. The van der Waals surface area contributed by atoms with Crippen molar-refractivity contribution in [3.63, 3.8) is 0 Å². The van der Waals surface area contributed by atoms with Gasteiger partial charge in [0.1, 0.15) is 11.8 Å². The Morgan fingerprint density at radius 3 is 2.69 bits per heavy atom. The van der Waals surface area contributed by atoms with Gasteiger partial charge in [-0.25, -0.2) is 0 Å². The smallest absolute Gasteiger partial charge is 0.264 e. The molecule has 1 fully saturated rings. The lowest BCUT2D eigenvalue weighted by Crippen LogP contribution is -2.54. The summed E-state index contributed by atoms with van der Waals surface area (Å²) < 4.78 is 5.25. The fraction of sp³-hybridized carbons (Fsp3) is 0.222. The van der Waals surface area contributed by atoms with E-state index < -0.39 is 29.7 Å². The maximum absolute atomic E-state index is 12.9. The van der Waals surface area contributed by atoms with E-state index in [1.807, 2.05) is 0 Å². The van der Waals surface area contributed by atoms with Crippen LogP contribution in [0.5, 0.6) is 0 Å². The van der Waals surface area contributed by atoms with Gasteiger partial charge in [-0.1, -0.05) is 6.07 Å². The molecule has 2 aliphatic rings. The molecule has 2 aliphatic heterocycles. The summed E-state index contributed by atoms with van der Waals surface area (Å²) in [5, 5.41) is 5.27. The third-order valence-electron chi connectivity index (χ3n) is 4.50. The summed E-state index contributed by atoms with van der Waals surface area (Å²) in [6.07, 6.45) is 1.77. The molecule has 2 N–H and O–H groups in total. The first-order valence-corrected chi connectivity index (χ1v) is 8.17. The average molecular weight is 353 g/mol. The standard InChI is InChI=1S/C18H15N3O5/c22-14-7-6-13(16(23)20-14)21-17(24)11-4-1-5-12(15(11)18(21)25)19-9-10-3-2-8-26-10/h1-5,8,13,19H,6-7,9H2,(H,20,22,23)/t13-/m0/s1. The molecule has 1 aromatic heterocycles. The van der Waals surface area contributed by atoms with Crippen LogP contribution in [-0.2, 0) is 16.1 Å². The minimum absolute atomic E-state index is 0.0907. The number of imide groups is 2. The maximum Gasteiger partial charge on any atom is 0.264 e. The molecule has 8 nitrogen and oxygen atoms in total. The lowest BCUT2D eigenvalue weighted by molar-refractivity contribution is -0.136. The fourth-order valence-electron chi connectivity index (χ4n) is 3.26. The topological polar surface area (TPSA) is 109 Å². The van der Waals surface area contributed by atoms with Gasteiger partial charge in [0.05, 0.1) is 23.9 Å². The van der Waals surface area contributed by atoms with Gasteiger partial charge in [-0.2, -0.15) is 0 Å². The van der Waals surface area contributed by atoms with Gasteiger partial charge in [-0.05, 0) is 30.7 Å².